The molecular formula is H3AlCuO5Zn. The summed E-state index contributed by atoms with van der Waals surface area (Å²) in [5.74, 6) is 0. The maximum absolute atomic E-state index is 7.81. The van der Waals surface area contributed by atoms with Crippen molar-refractivity contribution in [1.29, 1.82) is 0 Å². The zero-order valence-electron chi connectivity index (χ0n) is 3.76. The molecule has 0 radical (unpaired) electrons. The molecule has 0 aliphatic carbocycles. The minimum atomic E-state index is 0. The maximum atomic E-state index is 7.81. The van der Waals surface area contributed by atoms with Crippen molar-refractivity contribution in [2.75, 3.05) is 0 Å². The monoisotopic (exact) mass is 237 g/mol. The van der Waals surface area contributed by atoms with Gasteiger partial charge in [0.1, 0.15) is 0 Å². The Morgan fingerprint density at radius 2 is 1.00 bits per heavy atom. The molecule has 0 heterocycles. The second-order valence-corrected chi connectivity index (χ2v) is 0. The Hall–Kier alpha value is 1.32. The first-order chi connectivity index (χ1) is 1.00. The molecule has 0 aliphatic heterocycles. The molecule has 0 saturated heterocycles. The van der Waals surface area contributed by atoms with E-state index >= 15 is 0 Å². The fourth-order valence-electron chi connectivity index (χ4n) is 0. The van der Waals surface area contributed by atoms with Crippen molar-refractivity contribution >= 4 is 17.4 Å². The fourth-order valence-corrected chi connectivity index (χ4v) is 0. The van der Waals surface area contributed by atoms with Gasteiger partial charge >= 0.3 is 56.6 Å². The van der Waals surface area contributed by atoms with Gasteiger partial charge in [-0.2, -0.15) is 0 Å². The molecule has 0 rings (SSSR count). The summed E-state index contributed by atoms with van der Waals surface area (Å²) in [5.41, 5.74) is 0. The molecule has 0 aromatic rings. The van der Waals surface area contributed by atoms with Crippen LogP contribution < -0.4 is 0 Å². The first-order valence-electron chi connectivity index (χ1n) is 0.123. The van der Waals surface area contributed by atoms with Gasteiger partial charge in [-0.25, -0.2) is 0 Å². The van der Waals surface area contributed by atoms with Gasteiger partial charge in [0.25, 0.3) is 0 Å². The summed E-state index contributed by atoms with van der Waals surface area (Å²) in [6, 6.07) is 0. The molecule has 3 N–H and O–H groups in total. The third kappa shape index (κ3) is 169. The molecule has 0 aromatic carbocycles. The molecule has 8 heteroatoms. The van der Waals surface area contributed by atoms with E-state index in [1.165, 1.54) is 0 Å². The maximum Gasteiger partial charge on any atom is 2.00 e. The Balaban J connectivity index is -0.000000000333. The average Bonchev–Trinajstić information content (AvgIpc) is 1.00. The number of rotatable bonds is 0. The minimum Gasteiger partial charge on any atom is 2.00 e. The summed E-state index contributed by atoms with van der Waals surface area (Å²) in [6.45, 7) is 0. The summed E-state index contributed by atoms with van der Waals surface area (Å²) in [5, 5.41) is 0. The molecule has 0 aromatic heterocycles. The molecule has 0 spiro atoms. The van der Waals surface area contributed by atoms with Crippen molar-refractivity contribution in [3.8, 4) is 0 Å². The van der Waals surface area contributed by atoms with Crippen LogP contribution in [0.25, 0.3) is 0 Å². The molecular weight excluding hydrogens is 236 g/mol. The Morgan fingerprint density at radius 1 is 1.00 bits per heavy atom. The summed E-state index contributed by atoms with van der Waals surface area (Å²) in [6.07, 6.45) is 0. The van der Waals surface area contributed by atoms with Crippen molar-refractivity contribution in [2.24, 2.45) is 0 Å². The number of hydrogen-bond acceptors (Lipinski definition) is 2. The van der Waals surface area contributed by atoms with E-state index in [-0.39, 0.29) is 58.7 Å². The SMILES string of the molecule is O.[Al+3].[O-2].[O-2].[OH-].[O]=[Cu].[Zn+2]. The minimum absolute atomic E-state index is 0. The standard InChI is InChI=1S/Al.Cu.2H2O.3O.Zn/h;;2*1H2;;;;/q+3;;;;;2*-2;+2/p-1. The van der Waals surface area contributed by atoms with E-state index in [1.54, 1.807) is 0 Å². The van der Waals surface area contributed by atoms with Gasteiger partial charge in [0.05, 0.1) is 0 Å². The van der Waals surface area contributed by atoms with Gasteiger partial charge in [0.15, 0.2) is 0 Å². The first kappa shape index (κ1) is 120. The van der Waals surface area contributed by atoms with Gasteiger partial charge in [-0.15, -0.1) is 0 Å². The number of hydrogen-bond donors (Lipinski definition) is 0. The van der Waals surface area contributed by atoms with Crippen LogP contribution in [0.1, 0.15) is 0 Å². The zero-order chi connectivity index (χ0) is 2.00. The Bertz CT molecular complexity index is 12.4. The van der Waals surface area contributed by atoms with Gasteiger partial charge in [-0.3, -0.25) is 0 Å². The Kier molecular flexibility index (Phi) is 3860. The summed E-state index contributed by atoms with van der Waals surface area (Å²) in [4.78, 5) is 0. The van der Waals surface area contributed by atoms with E-state index in [9.17, 15) is 0 Å². The average molecular weight is 239 g/mol. The van der Waals surface area contributed by atoms with E-state index in [0.717, 1.165) is 0 Å². The van der Waals surface area contributed by atoms with Crippen molar-refractivity contribution in [3.63, 3.8) is 0 Å². The predicted molar refractivity (Wildman–Crippen MR) is 13.4 cm³/mol. The van der Waals surface area contributed by atoms with Gasteiger partial charge in [0, 0.05) is 0 Å². The van der Waals surface area contributed by atoms with E-state index in [2.05, 4.69) is 15.9 Å². The van der Waals surface area contributed by atoms with Crippen molar-refractivity contribution in [1.82, 2.24) is 0 Å². The molecule has 0 amide bonds. The molecule has 8 heavy (non-hydrogen) atoms. The molecule has 0 saturated carbocycles. The molecule has 49 valence electrons. The normalized spacial score (nSPS) is 0.750. The third-order valence-corrected chi connectivity index (χ3v) is 0. The van der Waals surface area contributed by atoms with Crippen LogP contribution in [0.2, 0.25) is 0 Å². The van der Waals surface area contributed by atoms with Crippen molar-refractivity contribution < 1.29 is 61.2 Å². The molecule has 0 unspecified atom stereocenters. The third-order valence-electron chi connectivity index (χ3n) is 0. The fraction of sp³-hybridized carbons (Fsp3) is 0. The van der Waals surface area contributed by atoms with Gasteiger partial charge in [-0.1, -0.05) is 0 Å². The smallest absolute Gasteiger partial charge is 2.00 e. The molecule has 0 aliphatic rings. The van der Waals surface area contributed by atoms with E-state index in [0.29, 0.717) is 0 Å². The topological polar surface area (TPSA) is 136 Å². The van der Waals surface area contributed by atoms with Crippen LogP contribution in [0.4, 0.5) is 0 Å². The summed E-state index contributed by atoms with van der Waals surface area (Å²) in [7, 11) is 0. The zero-order valence-corrected chi connectivity index (χ0v) is 8.82. The Labute approximate surface area is 78.4 Å². The van der Waals surface area contributed by atoms with Crippen LogP contribution in [0.3, 0.4) is 0 Å². The van der Waals surface area contributed by atoms with E-state index in [1.807, 2.05) is 0 Å². The molecule has 0 fully saturated rings. The second kappa shape index (κ2) is 257. The van der Waals surface area contributed by atoms with Crippen molar-refractivity contribution in [2.45, 2.75) is 0 Å². The van der Waals surface area contributed by atoms with Crippen LogP contribution in [-0.4, -0.2) is 28.3 Å². The Morgan fingerprint density at radius 3 is 1.00 bits per heavy atom. The van der Waals surface area contributed by atoms with E-state index < -0.39 is 0 Å². The van der Waals surface area contributed by atoms with Crippen LogP contribution >= 0.6 is 0 Å². The largest absolute Gasteiger partial charge is 2.00 e. The second-order valence-electron chi connectivity index (χ2n) is 0. The van der Waals surface area contributed by atoms with Gasteiger partial charge in [0.2, 0.25) is 0 Å². The van der Waals surface area contributed by atoms with Crippen LogP contribution in [-0.2, 0) is 50.2 Å². The van der Waals surface area contributed by atoms with Crippen LogP contribution in [0.5, 0.6) is 0 Å². The molecule has 0 bridgehead atoms. The summed E-state index contributed by atoms with van der Waals surface area (Å²) >= 11 is 2.94. The summed E-state index contributed by atoms with van der Waals surface area (Å²) < 4.78 is 7.81. The quantitative estimate of drug-likeness (QED) is 0.463. The predicted octanol–water partition coefficient (Wildman–Crippen LogP) is -1.74. The first-order valence-corrected chi connectivity index (χ1v) is 0.508. The van der Waals surface area contributed by atoms with Crippen LogP contribution in [0, 0.1) is 0 Å². The van der Waals surface area contributed by atoms with Gasteiger partial charge < -0.3 is 21.9 Å². The van der Waals surface area contributed by atoms with Crippen LogP contribution in [0.15, 0.2) is 0 Å². The molecule has 5 nitrogen and oxygen atoms in total. The van der Waals surface area contributed by atoms with Crippen molar-refractivity contribution in [3.05, 3.63) is 0 Å². The van der Waals surface area contributed by atoms with E-state index in [4.69, 9.17) is 3.83 Å². The molecule has 0 atom stereocenters. The van der Waals surface area contributed by atoms with Gasteiger partial charge in [-0.05, 0) is 0 Å².